The van der Waals surface area contributed by atoms with Crippen molar-refractivity contribution in [1.29, 1.82) is 0 Å². The number of aromatic nitrogens is 3. The maximum Gasteiger partial charge on any atom is 0.123 e. The summed E-state index contributed by atoms with van der Waals surface area (Å²) < 4.78 is 3.12. The van der Waals surface area contributed by atoms with Crippen LogP contribution in [0.3, 0.4) is 0 Å². The van der Waals surface area contributed by atoms with E-state index in [1.165, 1.54) is 0 Å². The highest BCUT2D eigenvalue weighted by Crippen LogP contribution is 2.27. The first-order valence-corrected chi connectivity index (χ1v) is 6.96. The highest BCUT2D eigenvalue weighted by Gasteiger charge is 2.10. The summed E-state index contributed by atoms with van der Waals surface area (Å²) >= 11 is 3.56. The van der Waals surface area contributed by atoms with Crippen molar-refractivity contribution in [3.05, 3.63) is 59.1 Å². The first-order valence-electron chi connectivity index (χ1n) is 6.16. The van der Waals surface area contributed by atoms with E-state index in [-0.39, 0.29) is 0 Å². The summed E-state index contributed by atoms with van der Waals surface area (Å²) in [4.78, 5) is 8.39. The summed E-state index contributed by atoms with van der Waals surface area (Å²) in [5.41, 5.74) is 9.85. The Morgan fingerprint density at radius 2 is 2.00 bits per heavy atom. The van der Waals surface area contributed by atoms with E-state index in [0.717, 1.165) is 27.0 Å². The van der Waals surface area contributed by atoms with Gasteiger partial charge in [0.25, 0.3) is 0 Å². The third-order valence-electron chi connectivity index (χ3n) is 3.22. The zero-order valence-electron chi connectivity index (χ0n) is 10.9. The number of hydrogen-bond acceptors (Lipinski definition) is 3. The van der Waals surface area contributed by atoms with Gasteiger partial charge in [-0.05, 0) is 36.8 Å². The SMILES string of the molecule is Cc1c(Br)cccc1-n1cncc1-c1ccc(N)nc1. The Kier molecular flexibility index (Phi) is 3.28. The van der Waals surface area contributed by atoms with Gasteiger partial charge in [-0.3, -0.25) is 4.57 Å². The summed E-state index contributed by atoms with van der Waals surface area (Å²) in [6, 6.07) is 9.84. The molecule has 0 saturated carbocycles. The second-order valence-corrected chi connectivity index (χ2v) is 5.36. The number of rotatable bonds is 2. The van der Waals surface area contributed by atoms with Gasteiger partial charge in [-0.1, -0.05) is 22.0 Å². The van der Waals surface area contributed by atoms with E-state index in [1.54, 1.807) is 18.6 Å². The molecule has 0 aliphatic heterocycles. The van der Waals surface area contributed by atoms with Gasteiger partial charge in [-0.2, -0.15) is 0 Å². The van der Waals surface area contributed by atoms with E-state index in [9.17, 15) is 0 Å². The van der Waals surface area contributed by atoms with Crippen molar-refractivity contribution in [3.8, 4) is 16.9 Å². The standard InChI is InChI=1S/C15H13BrN4/c1-10-12(16)3-2-4-13(10)20-9-18-8-14(20)11-5-6-15(17)19-7-11/h2-9H,1H3,(H2,17,19). The number of hydrogen-bond donors (Lipinski definition) is 1. The molecular formula is C15H13BrN4. The minimum atomic E-state index is 0.512. The zero-order valence-corrected chi connectivity index (χ0v) is 12.5. The van der Waals surface area contributed by atoms with Crippen molar-refractivity contribution < 1.29 is 0 Å². The molecule has 0 spiro atoms. The van der Waals surface area contributed by atoms with Crippen LogP contribution in [-0.4, -0.2) is 14.5 Å². The van der Waals surface area contributed by atoms with Crippen LogP contribution in [0, 0.1) is 6.92 Å². The molecule has 0 atom stereocenters. The molecule has 0 fully saturated rings. The maximum atomic E-state index is 5.63. The molecule has 0 saturated heterocycles. The Hall–Kier alpha value is -2.14. The first-order chi connectivity index (χ1) is 9.66. The lowest BCUT2D eigenvalue weighted by atomic mass is 10.1. The Labute approximate surface area is 125 Å². The molecule has 0 amide bonds. The van der Waals surface area contributed by atoms with Crippen LogP contribution in [0.5, 0.6) is 0 Å². The van der Waals surface area contributed by atoms with Crippen LogP contribution in [-0.2, 0) is 0 Å². The normalized spacial score (nSPS) is 10.7. The fourth-order valence-corrected chi connectivity index (χ4v) is 2.47. The van der Waals surface area contributed by atoms with Crippen LogP contribution in [0.15, 0.2) is 53.5 Å². The third kappa shape index (κ3) is 2.20. The van der Waals surface area contributed by atoms with Gasteiger partial charge in [0, 0.05) is 16.2 Å². The first kappa shape index (κ1) is 12.9. The molecule has 5 heteroatoms. The number of benzene rings is 1. The fourth-order valence-electron chi connectivity index (χ4n) is 2.11. The van der Waals surface area contributed by atoms with E-state index in [2.05, 4.69) is 38.9 Å². The minimum absolute atomic E-state index is 0.512. The number of nitrogens with zero attached hydrogens (tertiary/aromatic N) is 3. The van der Waals surface area contributed by atoms with Crippen molar-refractivity contribution in [2.75, 3.05) is 5.73 Å². The molecule has 20 heavy (non-hydrogen) atoms. The number of nitrogen functional groups attached to an aromatic ring is 1. The molecule has 100 valence electrons. The smallest absolute Gasteiger partial charge is 0.123 e. The molecule has 2 N–H and O–H groups in total. The van der Waals surface area contributed by atoms with Gasteiger partial charge in [0.15, 0.2) is 0 Å². The molecular weight excluding hydrogens is 316 g/mol. The molecule has 0 bridgehead atoms. The van der Waals surface area contributed by atoms with Gasteiger partial charge in [-0.25, -0.2) is 9.97 Å². The molecule has 1 aromatic carbocycles. The fraction of sp³-hybridized carbons (Fsp3) is 0.0667. The largest absolute Gasteiger partial charge is 0.384 e. The van der Waals surface area contributed by atoms with Crippen LogP contribution in [0.4, 0.5) is 5.82 Å². The quantitative estimate of drug-likeness (QED) is 0.782. The average molecular weight is 329 g/mol. The lowest BCUT2D eigenvalue weighted by Gasteiger charge is -2.12. The third-order valence-corrected chi connectivity index (χ3v) is 4.08. The van der Waals surface area contributed by atoms with Crippen LogP contribution < -0.4 is 5.73 Å². The molecule has 0 unspecified atom stereocenters. The molecule has 3 rings (SSSR count). The van der Waals surface area contributed by atoms with Gasteiger partial charge >= 0.3 is 0 Å². The van der Waals surface area contributed by atoms with Crippen molar-refractivity contribution in [2.45, 2.75) is 6.92 Å². The van der Waals surface area contributed by atoms with Crippen LogP contribution in [0.2, 0.25) is 0 Å². The Balaban J connectivity index is 2.15. The minimum Gasteiger partial charge on any atom is -0.384 e. The molecule has 0 aliphatic carbocycles. The number of imidazole rings is 1. The van der Waals surface area contributed by atoms with Crippen LogP contribution in [0.25, 0.3) is 16.9 Å². The average Bonchev–Trinajstić information content (AvgIpc) is 2.92. The molecule has 4 nitrogen and oxygen atoms in total. The number of halogens is 1. The lowest BCUT2D eigenvalue weighted by Crippen LogP contribution is -1.99. The van der Waals surface area contributed by atoms with Crippen molar-refractivity contribution in [2.24, 2.45) is 0 Å². The van der Waals surface area contributed by atoms with E-state index in [1.807, 2.05) is 29.0 Å². The number of anilines is 1. The second kappa shape index (κ2) is 5.09. The lowest BCUT2D eigenvalue weighted by molar-refractivity contribution is 1.04. The summed E-state index contributed by atoms with van der Waals surface area (Å²) in [7, 11) is 0. The molecule has 2 aromatic heterocycles. The molecule has 3 aromatic rings. The maximum absolute atomic E-state index is 5.63. The topological polar surface area (TPSA) is 56.7 Å². The van der Waals surface area contributed by atoms with Gasteiger partial charge in [-0.15, -0.1) is 0 Å². The van der Waals surface area contributed by atoms with E-state index in [4.69, 9.17) is 5.73 Å². The zero-order chi connectivity index (χ0) is 14.1. The van der Waals surface area contributed by atoms with Gasteiger partial charge in [0.2, 0.25) is 0 Å². The predicted molar refractivity (Wildman–Crippen MR) is 83.6 cm³/mol. The highest BCUT2D eigenvalue weighted by molar-refractivity contribution is 9.10. The number of pyridine rings is 1. The van der Waals surface area contributed by atoms with E-state index in [0.29, 0.717) is 5.82 Å². The number of nitrogens with two attached hydrogens (primary N) is 1. The monoisotopic (exact) mass is 328 g/mol. The predicted octanol–water partition coefficient (Wildman–Crippen LogP) is 3.59. The van der Waals surface area contributed by atoms with E-state index >= 15 is 0 Å². The Morgan fingerprint density at radius 3 is 2.75 bits per heavy atom. The van der Waals surface area contributed by atoms with Crippen molar-refractivity contribution in [3.63, 3.8) is 0 Å². The van der Waals surface area contributed by atoms with Crippen molar-refractivity contribution in [1.82, 2.24) is 14.5 Å². The summed E-state index contributed by atoms with van der Waals surface area (Å²) in [6.07, 6.45) is 5.39. The van der Waals surface area contributed by atoms with Crippen molar-refractivity contribution >= 4 is 21.7 Å². The van der Waals surface area contributed by atoms with Gasteiger partial charge in [0.1, 0.15) is 5.82 Å². The molecule has 2 heterocycles. The summed E-state index contributed by atoms with van der Waals surface area (Å²) in [5.74, 6) is 0.512. The summed E-state index contributed by atoms with van der Waals surface area (Å²) in [6.45, 7) is 2.07. The molecule has 0 radical (unpaired) electrons. The second-order valence-electron chi connectivity index (χ2n) is 4.50. The van der Waals surface area contributed by atoms with E-state index < -0.39 is 0 Å². The van der Waals surface area contributed by atoms with Crippen LogP contribution >= 0.6 is 15.9 Å². The highest BCUT2D eigenvalue weighted by atomic mass is 79.9. The Bertz CT molecular complexity index is 747. The van der Waals surface area contributed by atoms with Gasteiger partial charge in [0.05, 0.1) is 23.9 Å². The Morgan fingerprint density at radius 1 is 1.15 bits per heavy atom. The summed E-state index contributed by atoms with van der Waals surface area (Å²) in [5, 5.41) is 0. The van der Waals surface area contributed by atoms with Gasteiger partial charge < -0.3 is 5.73 Å². The van der Waals surface area contributed by atoms with Crippen LogP contribution in [0.1, 0.15) is 5.56 Å². The molecule has 0 aliphatic rings.